The minimum Gasteiger partial charge on any atom is -0.497 e. The van der Waals surface area contributed by atoms with Gasteiger partial charge in [0.25, 0.3) is 0 Å². The summed E-state index contributed by atoms with van der Waals surface area (Å²) in [6, 6.07) is 5.83. The summed E-state index contributed by atoms with van der Waals surface area (Å²) in [7, 11) is 1.66. The quantitative estimate of drug-likeness (QED) is 0.857. The molecule has 6 nitrogen and oxygen atoms in total. The van der Waals surface area contributed by atoms with Crippen molar-refractivity contribution in [3.63, 3.8) is 0 Å². The normalized spacial score (nSPS) is 16.6. The number of nitrogens with zero attached hydrogens (tertiary/aromatic N) is 2. The average molecular weight is 317 g/mol. The van der Waals surface area contributed by atoms with Gasteiger partial charge in [0, 0.05) is 6.07 Å². The molecule has 1 saturated heterocycles. The molecule has 0 amide bonds. The van der Waals surface area contributed by atoms with Crippen LogP contribution < -0.4 is 4.74 Å². The maximum atomic E-state index is 11.8. The minimum absolute atomic E-state index is 0.0473. The molecule has 124 valence electrons. The van der Waals surface area contributed by atoms with Crippen LogP contribution in [0, 0.1) is 5.92 Å². The molecule has 0 bridgehead atoms. The van der Waals surface area contributed by atoms with Crippen LogP contribution in [0.25, 0.3) is 11.0 Å². The van der Waals surface area contributed by atoms with Crippen LogP contribution in [-0.4, -0.2) is 47.6 Å². The zero-order valence-electron chi connectivity index (χ0n) is 13.7. The Balaban J connectivity index is 1.59. The lowest BCUT2D eigenvalue weighted by atomic mass is 9.97. The van der Waals surface area contributed by atoms with Crippen molar-refractivity contribution in [2.24, 2.45) is 5.92 Å². The zero-order chi connectivity index (χ0) is 16.2. The van der Waals surface area contributed by atoms with Crippen molar-refractivity contribution in [1.29, 1.82) is 0 Å². The first-order valence-corrected chi connectivity index (χ1v) is 8.11. The summed E-state index contributed by atoms with van der Waals surface area (Å²) in [6.07, 6.45) is 1.71. The number of rotatable bonds is 5. The molecule has 3 rings (SSSR count). The zero-order valence-corrected chi connectivity index (χ0v) is 13.7. The van der Waals surface area contributed by atoms with Gasteiger partial charge in [0.1, 0.15) is 11.6 Å². The van der Waals surface area contributed by atoms with Crippen molar-refractivity contribution in [1.82, 2.24) is 14.9 Å². The lowest BCUT2D eigenvalue weighted by Crippen LogP contribution is -2.36. The Bertz CT molecular complexity index is 675. The molecule has 2 aromatic rings. The molecule has 0 spiro atoms. The molecule has 0 unspecified atom stereocenters. The van der Waals surface area contributed by atoms with E-state index >= 15 is 0 Å². The lowest BCUT2D eigenvalue weighted by molar-refractivity contribution is -0.149. The molecule has 1 aromatic heterocycles. The van der Waals surface area contributed by atoms with Crippen LogP contribution in [0.15, 0.2) is 18.2 Å². The predicted molar refractivity (Wildman–Crippen MR) is 87.3 cm³/mol. The number of piperidine rings is 1. The van der Waals surface area contributed by atoms with Crippen LogP contribution in [0.1, 0.15) is 25.6 Å². The van der Waals surface area contributed by atoms with Crippen LogP contribution in [0.2, 0.25) is 0 Å². The highest BCUT2D eigenvalue weighted by molar-refractivity contribution is 5.76. The number of fused-ring (bicyclic) bond motifs is 1. The second-order valence-corrected chi connectivity index (χ2v) is 5.87. The second-order valence-electron chi connectivity index (χ2n) is 5.87. The lowest BCUT2D eigenvalue weighted by Gasteiger charge is -2.30. The molecular weight excluding hydrogens is 294 g/mol. The minimum atomic E-state index is -0.0528. The number of H-pyrrole nitrogens is 1. The van der Waals surface area contributed by atoms with Crippen molar-refractivity contribution in [3.05, 3.63) is 24.0 Å². The molecule has 0 saturated carbocycles. The maximum Gasteiger partial charge on any atom is 0.309 e. The number of aromatic amines is 1. The summed E-state index contributed by atoms with van der Waals surface area (Å²) >= 11 is 0. The van der Waals surface area contributed by atoms with Crippen LogP contribution in [0.4, 0.5) is 0 Å². The van der Waals surface area contributed by atoms with E-state index in [9.17, 15) is 4.79 Å². The van der Waals surface area contributed by atoms with E-state index in [2.05, 4.69) is 14.9 Å². The summed E-state index contributed by atoms with van der Waals surface area (Å²) < 4.78 is 10.3. The second kappa shape index (κ2) is 7.00. The molecule has 1 aliphatic heterocycles. The van der Waals surface area contributed by atoms with E-state index in [4.69, 9.17) is 9.47 Å². The molecule has 1 fully saturated rings. The Morgan fingerprint density at radius 2 is 2.17 bits per heavy atom. The standard InChI is InChI=1S/C17H23N3O3/c1-3-23-17(21)12-6-8-20(9-7-12)11-16-18-14-5-4-13(22-2)10-15(14)19-16/h4-5,10,12H,3,6-9,11H2,1-2H3,(H,18,19). The largest absolute Gasteiger partial charge is 0.497 e. The monoisotopic (exact) mass is 317 g/mol. The Kier molecular flexibility index (Phi) is 4.81. The Labute approximate surface area is 135 Å². The number of esters is 1. The van der Waals surface area contributed by atoms with Gasteiger partial charge in [-0.05, 0) is 45.0 Å². The molecule has 1 N–H and O–H groups in total. The van der Waals surface area contributed by atoms with Gasteiger partial charge >= 0.3 is 5.97 Å². The van der Waals surface area contributed by atoms with Gasteiger partial charge in [-0.25, -0.2) is 4.98 Å². The number of imidazole rings is 1. The van der Waals surface area contributed by atoms with Gasteiger partial charge in [0.05, 0.1) is 37.2 Å². The summed E-state index contributed by atoms with van der Waals surface area (Å²) in [6.45, 7) is 4.87. The first-order valence-electron chi connectivity index (χ1n) is 8.11. The molecule has 23 heavy (non-hydrogen) atoms. The highest BCUT2D eigenvalue weighted by Crippen LogP contribution is 2.22. The molecule has 1 aliphatic rings. The number of likely N-dealkylation sites (tertiary alicyclic amines) is 1. The number of carbonyl (C=O) groups excluding carboxylic acids is 1. The van der Waals surface area contributed by atoms with E-state index in [1.54, 1.807) is 7.11 Å². The summed E-state index contributed by atoms with van der Waals surface area (Å²) in [5.41, 5.74) is 1.93. The first kappa shape index (κ1) is 15.8. The number of hydrogen-bond acceptors (Lipinski definition) is 5. The third kappa shape index (κ3) is 3.64. The van der Waals surface area contributed by atoms with E-state index in [1.165, 1.54) is 0 Å². The number of ether oxygens (including phenoxy) is 2. The van der Waals surface area contributed by atoms with Gasteiger partial charge in [0.2, 0.25) is 0 Å². The number of carbonyl (C=O) groups is 1. The fourth-order valence-electron chi connectivity index (χ4n) is 3.04. The molecular formula is C17H23N3O3. The molecule has 6 heteroatoms. The summed E-state index contributed by atoms with van der Waals surface area (Å²) in [4.78, 5) is 22.1. The van der Waals surface area contributed by atoms with E-state index in [1.807, 2.05) is 25.1 Å². The van der Waals surface area contributed by atoms with E-state index in [0.29, 0.717) is 6.61 Å². The van der Waals surface area contributed by atoms with Crippen molar-refractivity contribution in [3.8, 4) is 5.75 Å². The Morgan fingerprint density at radius 1 is 1.39 bits per heavy atom. The number of benzene rings is 1. The molecule has 1 aromatic carbocycles. The number of nitrogens with one attached hydrogen (secondary N) is 1. The van der Waals surface area contributed by atoms with Gasteiger partial charge in [0.15, 0.2) is 0 Å². The molecule has 2 heterocycles. The van der Waals surface area contributed by atoms with Crippen molar-refractivity contribution in [2.45, 2.75) is 26.3 Å². The Hall–Kier alpha value is -2.08. The van der Waals surface area contributed by atoms with Crippen molar-refractivity contribution < 1.29 is 14.3 Å². The van der Waals surface area contributed by atoms with Crippen molar-refractivity contribution >= 4 is 17.0 Å². The molecule has 0 radical (unpaired) electrons. The Morgan fingerprint density at radius 3 is 2.87 bits per heavy atom. The third-order valence-corrected chi connectivity index (χ3v) is 4.32. The smallest absolute Gasteiger partial charge is 0.309 e. The molecule has 0 atom stereocenters. The first-order chi connectivity index (χ1) is 11.2. The summed E-state index contributed by atoms with van der Waals surface area (Å²) in [5, 5.41) is 0. The van der Waals surface area contributed by atoms with Gasteiger partial charge in [-0.3, -0.25) is 9.69 Å². The van der Waals surface area contributed by atoms with E-state index < -0.39 is 0 Å². The van der Waals surface area contributed by atoms with Crippen molar-refractivity contribution in [2.75, 3.05) is 26.8 Å². The maximum absolute atomic E-state index is 11.8. The van der Waals surface area contributed by atoms with Crippen LogP contribution >= 0.6 is 0 Å². The van der Waals surface area contributed by atoms with Crippen LogP contribution in [-0.2, 0) is 16.1 Å². The number of hydrogen-bond donors (Lipinski definition) is 1. The van der Waals surface area contributed by atoms with Crippen LogP contribution in [0.5, 0.6) is 5.75 Å². The highest BCUT2D eigenvalue weighted by atomic mass is 16.5. The van der Waals surface area contributed by atoms with Gasteiger partial charge in [-0.1, -0.05) is 0 Å². The van der Waals surface area contributed by atoms with Crippen LogP contribution in [0.3, 0.4) is 0 Å². The molecule has 0 aliphatic carbocycles. The van der Waals surface area contributed by atoms with Gasteiger partial charge in [-0.2, -0.15) is 0 Å². The predicted octanol–water partition coefficient (Wildman–Crippen LogP) is 2.35. The topological polar surface area (TPSA) is 67.4 Å². The number of aromatic nitrogens is 2. The third-order valence-electron chi connectivity index (χ3n) is 4.32. The fourth-order valence-corrected chi connectivity index (χ4v) is 3.04. The van der Waals surface area contributed by atoms with E-state index in [-0.39, 0.29) is 11.9 Å². The van der Waals surface area contributed by atoms with Gasteiger partial charge in [-0.15, -0.1) is 0 Å². The highest BCUT2D eigenvalue weighted by Gasteiger charge is 2.26. The fraction of sp³-hybridized carbons (Fsp3) is 0.529. The summed E-state index contributed by atoms with van der Waals surface area (Å²) in [5.74, 6) is 1.76. The van der Waals surface area contributed by atoms with E-state index in [0.717, 1.165) is 55.1 Å². The SMILES string of the molecule is CCOC(=O)C1CCN(Cc2nc3ccc(OC)cc3[nH]2)CC1. The average Bonchev–Trinajstić information content (AvgIpc) is 2.96. The van der Waals surface area contributed by atoms with Gasteiger partial charge < -0.3 is 14.5 Å². The number of methoxy groups -OCH3 is 1.